The molecule has 0 radical (unpaired) electrons. The quantitative estimate of drug-likeness (QED) is 0.516. The van der Waals surface area contributed by atoms with Crippen LogP contribution in [0, 0.1) is 0 Å². The number of halogens is 1. The fraction of sp³-hybridized carbons (Fsp3) is 0.0588. The van der Waals surface area contributed by atoms with Crippen LogP contribution in [0.5, 0.6) is 0 Å². The lowest BCUT2D eigenvalue weighted by Gasteiger charge is -2.03. The van der Waals surface area contributed by atoms with Crippen molar-refractivity contribution in [1.82, 2.24) is 15.0 Å². The number of fused-ring (bicyclic) bond motifs is 1. The van der Waals surface area contributed by atoms with Crippen molar-refractivity contribution in [2.75, 3.05) is 5.32 Å². The largest absolute Gasteiger partial charge is 0.352 e. The second-order valence-electron chi connectivity index (χ2n) is 5.14. The Labute approximate surface area is 145 Å². The summed E-state index contributed by atoms with van der Waals surface area (Å²) < 4.78 is 1.08. The Balaban J connectivity index is 1.57. The third kappa shape index (κ3) is 3.13. The molecule has 2 aromatic heterocycles. The van der Waals surface area contributed by atoms with Crippen LogP contribution in [0.1, 0.15) is 5.56 Å². The minimum absolute atomic E-state index is 0.721. The third-order valence-electron chi connectivity index (χ3n) is 3.51. The number of anilines is 1. The molecule has 0 bridgehead atoms. The van der Waals surface area contributed by atoms with Gasteiger partial charge in [0.25, 0.3) is 0 Å². The van der Waals surface area contributed by atoms with Crippen LogP contribution in [-0.4, -0.2) is 15.0 Å². The summed E-state index contributed by atoms with van der Waals surface area (Å²) >= 11 is 5.12. The van der Waals surface area contributed by atoms with E-state index < -0.39 is 0 Å². The highest BCUT2D eigenvalue weighted by molar-refractivity contribution is 9.10. The van der Waals surface area contributed by atoms with Gasteiger partial charge in [-0.05, 0) is 35.9 Å². The number of hydrogen-bond donors (Lipinski definition) is 2. The van der Waals surface area contributed by atoms with Crippen LogP contribution in [0.15, 0.2) is 58.5 Å². The van der Waals surface area contributed by atoms with Gasteiger partial charge in [0.05, 0.1) is 11.0 Å². The van der Waals surface area contributed by atoms with Gasteiger partial charge in [-0.1, -0.05) is 28.1 Å². The molecule has 6 heteroatoms. The molecule has 0 amide bonds. The number of nitrogens with zero attached hydrogens (tertiary/aromatic N) is 2. The second-order valence-corrected chi connectivity index (χ2v) is 6.95. The van der Waals surface area contributed by atoms with Gasteiger partial charge >= 0.3 is 0 Å². The van der Waals surface area contributed by atoms with Gasteiger partial charge < -0.3 is 10.3 Å². The predicted molar refractivity (Wildman–Crippen MR) is 98.7 cm³/mol. The molecule has 2 aromatic carbocycles. The van der Waals surface area contributed by atoms with Crippen molar-refractivity contribution in [3.8, 4) is 10.6 Å². The van der Waals surface area contributed by atoms with Crippen LogP contribution in [0.3, 0.4) is 0 Å². The van der Waals surface area contributed by atoms with Crippen molar-refractivity contribution in [2.24, 2.45) is 0 Å². The van der Waals surface area contributed by atoms with Crippen LogP contribution in [0.4, 0.5) is 5.95 Å². The molecule has 2 heterocycles. The predicted octanol–water partition coefficient (Wildman–Crippen LogP) is 5.06. The van der Waals surface area contributed by atoms with Gasteiger partial charge in [-0.2, -0.15) is 0 Å². The van der Waals surface area contributed by atoms with Crippen LogP contribution < -0.4 is 5.32 Å². The molecule has 0 saturated heterocycles. The number of aromatic amines is 1. The lowest BCUT2D eigenvalue weighted by Crippen LogP contribution is -2.00. The summed E-state index contributed by atoms with van der Waals surface area (Å²) in [4.78, 5) is 12.3. The molecule has 4 rings (SSSR count). The van der Waals surface area contributed by atoms with Gasteiger partial charge in [-0.25, -0.2) is 9.97 Å². The second kappa shape index (κ2) is 6.14. The minimum Gasteiger partial charge on any atom is -0.352 e. The van der Waals surface area contributed by atoms with Crippen LogP contribution in [0.25, 0.3) is 21.6 Å². The van der Waals surface area contributed by atoms with E-state index in [9.17, 15) is 0 Å². The molecule has 2 N–H and O–H groups in total. The van der Waals surface area contributed by atoms with Crippen molar-refractivity contribution in [2.45, 2.75) is 6.54 Å². The number of imidazole rings is 1. The summed E-state index contributed by atoms with van der Waals surface area (Å²) in [6.45, 7) is 0.721. The normalized spacial score (nSPS) is 11.0. The molecule has 0 aliphatic rings. The first-order chi connectivity index (χ1) is 11.3. The Morgan fingerprint density at radius 2 is 2.13 bits per heavy atom. The zero-order valence-corrected chi connectivity index (χ0v) is 14.5. The Morgan fingerprint density at radius 1 is 1.17 bits per heavy atom. The average Bonchev–Trinajstić information content (AvgIpc) is 3.21. The Hall–Kier alpha value is -2.18. The molecule has 0 saturated carbocycles. The lowest BCUT2D eigenvalue weighted by atomic mass is 10.2. The maximum absolute atomic E-state index is 4.58. The fourth-order valence-corrected chi connectivity index (χ4v) is 3.51. The molecule has 114 valence electrons. The molecule has 0 aliphatic carbocycles. The van der Waals surface area contributed by atoms with Crippen molar-refractivity contribution < 1.29 is 0 Å². The molecular weight excluding hydrogens is 372 g/mol. The van der Waals surface area contributed by atoms with E-state index in [2.05, 4.69) is 60.5 Å². The summed E-state index contributed by atoms with van der Waals surface area (Å²) in [5.74, 6) is 0.774. The van der Waals surface area contributed by atoms with Gasteiger partial charge in [-0.15, -0.1) is 11.3 Å². The molecule has 0 atom stereocenters. The highest BCUT2D eigenvalue weighted by Gasteiger charge is 2.06. The molecule has 23 heavy (non-hydrogen) atoms. The standard InChI is InChI=1S/C17H13BrN4S/c18-13-3-1-2-11(8-13)10-20-17-21-14-5-4-12(9-15(14)22-17)16-19-6-7-23-16/h1-9H,10H2,(H2,20,21,22). The number of hydrogen-bond acceptors (Lipinski definition) is 4. The Bertz CT molecular complexity index is 946. The maximum atomic E-state index is 4.58. The van der Waals surface area contributed by atoms with Gasteiger partial charge in [-0.3, -0.25) is 0 Å². The maximum Gasteiger partial charge on any atom is 0.201 e. The zero-order chi connectivity index (χ0) is 15.6. The van der Waals surface area contributed by atoms with Gasteiger partial charge in [0.1, 0.15) is 5.01 Å². The van der Waals surface area contributed by atoms with Crippen LogP contribution >= 0.6 is 27.3 Å². The topological polar surface area (TPSA) is 53.6 Å². The Kier molecular flexibility index (Phi) is 3.85. The van der Waals surface area contributed by atoms with Crippen molar-refractivity contribution >= 4 is 44.2 Å². The monoisotopic (exact) mass is 384 g/mol. The highest BCUT2D eigenvalue weighted by atomic mass is 79.9. The van der Waals surface area contributed by atoms with E-state index in [1.54, 1.807) is 11.3 Å². The first-order valence-corrected chi connectivity index (χ1v) is 8.83. The zero-order valence-electron chi connectivity index (χ0n) is 12.1. The van der Waals surface area contributed by atoms with E-state index in [1.165, 1.54) is 5.56 Å². The molecule has 0 fully saturated rings. The van der Waals surface area contributed by atoms with E-state index in [1.807, 2.05) is 29.8 Å². The summed E-state index contributed by atoms with van der Waals surface area (Å²) in [6, 6.07) is 14.4. The smallest absolute Gasteiger partial charge is 0.201 e. The molecule has 4 aromatic rings. The first kappa shape index (κ1) is 14.4. The van der Waals surface area contributed by atoms with E-state index in [-0.39, 0.29) is 0 Å². The summed E-state index contributed by atoms with van der Waals surface area (Å²) in [5.41, 5.74) is 4.26. The number of thiazole rings is 1. The SMILES string of the molecule is Brc1cccc(CNc2nc3ccc(-c4nccs4)cc3[nH]2)c1. The summed E-state index contributed by atoms with van der Waals surface area (Å²) in [5, 5.41) is 6.33. The van der Waals surface area contributed by atoms with E-state index in [0.29, 0.717) is 0 Å². The van der Waals surface area contributed by atoms with E-state index >= 15 is 0 Å². The fourth-order valence-electron chi connectivity index (χ4n) is 2.43. The summed E-state index contributed by atoms with van der Waals surface area (Å²) in [7, 11) is 0. The van der Waals surface area contributed by atoms with E-state index in [0.717, 1.165) is 38.6 Å². The molecular formula is C17H13BrN4S. The molecule has 0 unspecified atom stereocenters. The van der Waals surface area contributed by atoms with Crippen LogP contribution in [-0.2, 0) is 6.54 Å². The number of H-pyrrole nitrogens is 1. The van der Waals surface area contributed by atoms with Gasteiger partial charge in [0, 0.05) is 28.2 Å². The minimum atomic E-state index is 0.721. The lowest BCUT2D eigenvalue weighted by molar-refractivity contribution is 1.10. The Morgan fingerprint density at radius 3 is 2.96 bits per heavy atom. The van der Waals surface area contributed by atoms with Crippen molar-refractivity contribution in [3.63, 3.8) is 0 Å². The summed E-state index contributed by atoms with van der Waals surface area (Å²) in [6.07, 6.45) is 1.82. The number of rotatable bonds is 4. The molecule has 0 aliphatic heterocycles. The van der Waals surface area contributed by atoms with Crippen molar-refractivity contribution in [1.29, 1.82) is 0 Å². The number of aromatic nitrogens is 3. The van der Waals surface area contributed by atoms with Crippen LogP contribution in [0.2, 0.25) is 0 Å². The third-order valence-corrected chi connectivity index (χ3v) is 4.83. The molecule has 4 nitrogen and oxygen atoms in total. The van der Waals surface area contributed by atoms with E-state index in [4.69, 9.17) is 0 Å². The van der Waals surface area contributed by atoms with Crippen molar-refractivity contribution in [3.05, 3.63) is 64.1 Å². The molecule has 0 spiro atoms. The first-order valence-electron chi connectivity index (χ1n) is 7.16. The van der Waals surface area contributed by atoms with Gasteiger partial charge in [0.2, 0.25) is 5.95 Å². The number of nitrogens with one attached hydrogen (secondary N) is 2. The highest BCUT2D eigenvalue weighted by Crippen LogP contribution is 2.25. The average molecular weight is 385 g/mol. The van der Waals surface area contributed by atoms with Gasteiger partial charge in [0.15, 0.2) is 0 Å². The number of benzene rings is 2.